The van der Waals surface area contributed by atoms with E-state index in [4.69, 9.17) is 4.99 Å². The van der Waals surface area contributed by atoms with Crippen LogP contribution in [0, 0.1) is 0 Å². The number of amidine groups is 1. The van der Waals surface area contributed by atoms with Crippen molar-refractivity contribution in [3.63, 3.8) is 0 Å². The maximum atomic E-state index is 5.04. The van der Waals surface area contributed by atoms with E-state index in [1.807, 2.05) is 11.3 Å². The summed E-state index contributed by atoms with van der Waals surface area (Å²) in [6.45, 7) is 3.10. The summed E-state index contributed by atoms with van der Waals surface area (Å²) in [5, 5.41) is 2.18. The normalized spacial score (nSPS) is 16.9. The van der Waals surface area contributed by atoms with Crippen LogP contribution in [0.15, 0.2) is 77.1 Å². The second kappa shape index (κ2) is 7.24. The number of aliphatic imine (C=N–C) groups is 1. The van der Waals surface area contributed by atoms with Crippen LogP contribution in [0.3, 0.4) is 0 Å². The largest absolute Gasteiger partial charge is 0.348 e. The first-order valence-corrected chi connectivity index (χ1v) is 9.72. The zero-order valence-corrected chi connectivity index (χ0v) is 15.2. The van der Waals surface area contributed by atoms with E-state index in [1.165, 1.54) is 21.8 Å². The third-order valence-corrected chi connectivity index (χ3v) is 5.72. The Morgan fingerprint density at radius 1 is 1.00 bits per heavy atom. The van der Waals surface area contributed by atoms with Gasteiger partial charge in [-0.15, -0.1) is 11.3 Å². The molecule has 1 unspecified atom stereocenters. The molecule has 1 atom stereocenters. The fraction of sp³-hybridized carbons (Fsp3) is 0.227. The van der Waals surface area contributed by atoms with Crippen molar-refractivity contribution in [3.05, 3.63) is 88.1 Å². The quantitative estimate of drug-likeness (QED) is 0.567. The summed E-state index contributed by atoms with van der Waals surface area (Å²) >= 11 is 1.84. The predicted octanol–water partition coefficient (Wildman–Crippen LogP) is 5.99. The molecule has 2 heterocycles. The molecule has 3 heteroatoms. The van der Waals surface area contributed by atoms with Gasteiger partial charge in [0.05, 0.1) is 11.7 Å². The summed E-state index contributed by atoms with van der Waals surface area (Å²) in [6.07, 6.45) is 1.93. The number of para-hydroxylation sites is 1. The van der Waals surface area contributed by atoms with Crippen LogP contribution in [0.25, 0.3) is 0 Å². The average molecular weight is 346 g/mol. The number of hydrogen-bond acceptors (Lipinski definition) is 3. The Balaban J connectivity index is 1.79. The van der Waals surface area contributed by atoms with Crippen molar-refractivity contribution in [3.8, 4) is 0 Å². The van der Waals surface area contributed by atoms with Crippen LogP contribution < -0.4 is 0 Å². The topological polar surface area (TPSA) is 15.6 Å². The van der Waals surface area contributed by atoms with Gasteiger partial charge in [-0.2, -0.15) is 0 Å². The Hall–Kier alpha value is -2.39. The molecule has 0 spiro atoms. The lowest BCUT2D eigenvalue weighted by Crippen LogP contribution is -2.34. The van der Waals surface area contributed by atoms with Crippen molar-refractivity contribution in [2.45, 2.75) is 32.4 Å². The third-order valence-electron chi connectivity index (χ3n) is 4.75. The highest BCUT2D eigenvalue weighted by Crippen LogP contribution is 2.36. The van der Waals surface area contributed by atoms with Crippen molar-refractivity contribution in [1.82, 2.24) is 4.90 Å². The van der Waals surface area contributed by atoms with Gasteiger partial charge in [0.15, 0.2) is 0 Å². The second-order valence-electron chi connectivity index (χ2n) is 6.36. The molecule has 0 aliphatic carbocycles. The zero-order chi connectivity index (χ0) is 17.1. The lowest BCUT2D eigenvalue weighted by Gasteiger charge is -2.32. The Morgan fingerprint density at radius 2 is 1.80 bits per heavy atom. The molecular weight excluding hydrogens is 324 g/mol. The van der Waals surface area contributed by atoms with Crippen LogP contribution in [0.2, 0.25) is 0 Å². The van der Waals surface area contributed by atoms with E-state index in [1.54, 1.807) is 0 Å². The van der Waals surface area contributed by atoms with Crippen LogP contribution in [0.1, 0.15) is 35.4 Å². The smallest absolute Gasteiger partial charge is 0.105 e. The molecule has 0 amide bonds. The highest BCUT2D eigenvalue weighted by atomic mass is 32.1. The van der Waals surface area contributed by atoms with Gasteiger partial charge >= 0.3 is 0 Å². The number of thiophene rings is 1. The van der Waals surface area contributed by atoms with Gasteiger partial charge in [0.2, 0.25) is 0 Å². The summed E-state index contributed by atoms with van der Waals surface area (Å²) in [6, 6.07) is 24.0. The van der Waals surface area contributed by atoms with Gasteiger partial charge in [-0.3, -0.25) is 0 Å². The number of benzene rings is 2. The minimum absolute atomic E-state index is 0.336. The SMILES string of the molecule is CCC1=Nc2ccccc2CC(c2cccs2)N1Cc1ccccc1. The molecule has 1 aromatic heterocycles. The van der Waals surface area contributed by atoms with Crippen molar-refractivity contribution < 1.29 is 0 Å². The maximum Gasteiger partial charge on any atom is 0.105 e. The predicted molar refractivity (Wildman–Crippen MR) is 107 cm³/mol. The molecule has 126 valence electrons. The van der Waals surface area contributed by atoms with E-state index in [-0.39, 0.29) is 0 Å². The molecule has 2 nitrogen and oxygen atoms in total. The molecule has 0 N–H and O–H groups in total. The number of fused-ring (bicyclic) bond motifs is 1. The van der Waals surface area contributed by atoms with Crippen LogP contribution >= 0.6 is 11.3 Å². The molecule has 0 fully saturated rings. The van der Waals surface area contributed by atoms with Gasteiger partial charge in [0.1, 0.15) is 5.84 Å². The van der Waals surface area contributed by atoms with E-state index in [0.29, 0.717) is 6.04 Å². The van der Waals surface area contributed by atoms with Gasteiger partial charge < -0.3 is 4.90 Å². The molecular formula is C22H22N2S. The fourth-order valence-electron chi connectivity index (χ4n) is 3.49. The monoisotopic (exact) mass is 346 g/mol. The van der Waals surface area contributed by atoms with Crippen LogP contribution in [-0.2, 0) is 13.0 Å². The number of hydrogen-bond donors (Lipinski definition) is 0. The summed E-state index contributed by atoms with van der Waals surface area (Å²) in [7, 11) is 0. The standard InChI is InChI=1S/C22H22N2S/c1-2-22-23-19-12-7-6-11-18(19)15-20(21-13-8-14-25-21)24(22)16-17-9-4-3-5-10-17/h3-14,20H,2,15-16H2,1H3. The average Bonchev–Trinajstić information content (AvgIpc) is 3.14. The molecule has 25 heavy (non-hydrogen) atoms. The van der Waals surface area contributed by atoms with Crippen molar-refractivity contribution in [1.29, 1.82) is 0 Å². The Bertz CT molecular complexity index is 853. The molecule has 0 bridgehead atoms. The van der Waals surface area contributed by atoms with Crippen molar-refractivity contribution in [2.75, 3.05) is 0 Å². The van der Waals surface area contributed by atoms with Gasteiger partial charge in [-0.05, 0) is 35.1 Å². The molecule has 2 aromatic carbocycles. The minimum Gasteiger partial charge on any atom is -0.348 e. The highest BCUT2D eigenvalue weighted by molar-refractivity contribution is 7.10. The third kappa shape index (κ3) is 3.38. The number of nitrogens with zero attached hydrogens (tertiary/aromatic N) is 2. The van der Waals surface area contributed by atoms with Crippen molar-refractivity contribution >= 4 is 22.9 Å². The van der Waals surface area contributed by atoms with Crippen LogP contribution in [-0.4, -0.2) is 10.7 Å². The van der Waals surface area contributed by atoms with Gasteiger partial charge in [0, 0.05) is 17.8 Å². The first kappa shape index (κ1) is 16.1. The second-order valence-corrected chi connectivity index (χ2v) is 7.34. The Kier molecular flexibility index (Phi) is 4.66. The Morgan fingerprint density at radius 3 is 2.56 bits per heavy atom. The molecule has 4 rings (SSSR count). The Labute approximate surface area is 153 Å². The van der Waals surface area contributed by atoms with Gasteiger partial charge in [-0.1, -0.05) is 61.5 Å². The van der Waals surface area contributed by atoms with Crippen molar-refractivity contribution in [2.24, 2.45) is 4.99 Å². The molecule has 0 radical (unpaired) electrons. The summed E-state index contributed by atoms with van der Waals surface area (Å²) in [5.74, 6) is 1.17. The molecule has 1 aliphatic rings. The minimum atomic E-state index is 0.336. The lowest BCUT2D eigenvalue weighted by atomic mass is 10.0. The van der Waals surface area contributed by atoms with E-state index >= 15 is 0 Å². The van der Waals surface area contributed by atoms with E-state index in [9.17, 15) is 0 Å². The number of rotatable bonds is 4. The van der Waals surface area contributed by atoms with E-state index in [0.717, 1.165) is 25.1 Å². The zero-order valence-electron chi connectivity index (χ0n) is 14.4. The first-order valence-electron chi connectivity index (χ1n) is 8.84. The van der Waals surface area contributed by atoms with Gasteiger partial charge in [-0.25, -0.2) is 4.99 Å². The highest BCUT2D eigenvalue weighted by Gasteiger charge is 2.27. The summed E-state index contributed by atoms with van der Waals surface area (Å²) in [5.41, 5.74) is 3.79. The molecule has 1 aliphatic heterocycles. The fourth-order valence-corrected chi connectivity index (χ4v) is 4.33. The summed E-state index contributed by atoms with van der Waals surface area (Å²) in [4.78, 5) is 8.95. The van der Waals surface area contributed by atoms with Crippen LogP contribution in [0.5, 0.6) is 0 Å². The van der Waals surface area contributed by atoms with E-state index in [2.05, 4.69) is 83.9 Å². The first-order chi connectivity index (χ1) is 12.3. The van der Waals surface area contributed by atoms with Gasteiger partial charge in [0.25, 0.3) is 0 Å². The lowest BCUT2D eigenvalue weighted by molar-refractivity contribution is 0.308. The molecule has 0 saturated heterocycles. The summed E-state index contributed by atoms with van der Waals surface area (Å²) < 4.78 is 0. The molecule has 3 aromatic rings. The maximum absolute atomic E-state index is 5.04. The van der Waals surface area contributed by atoms with Crippen LogP contribution in [0.4, 0.5) is 5.69 Å². The van der Waals surface area contributed by atoms with E-state index < -0.39 is 0 Å². The molecule has 0 saturated carbocycles.